The van der Waals surface area contributed by atoms with Crippen LogP contribution in [-0.4, -0.2) is 42.5 Å². The Morgan fingerprint density at radius 2 is 2.00 bits per heavy atom. The Balaban J connectivity index is 1.53. The number of hydrogen-bond acceptors (Lipinski definition) is 3. The Morgan fingerprint density at radius 3 is 2.81 bits per heavy atom. The molecule has 4 nitrogen and oxygen atoms in total. The maximum Gasteiger partial charge on any atom is 0.157 e. The van der Waals surface area contributed by atoms with Gasteiger partial charge in [0.1, 0.15) is 0 Å². The molecule has 26 heavy (non-hydrogen) atoms. The lowest BCUT2D eigenvalue weighted by atomic mass is 9.81. The molecule has 2 aliphatic rings. The Kier molecular flexibility index (Phi) is 5.63. The van der Waals surface area contributed by atoms with E-state index in [0.29, 0.717) is 25.2 Å². The molecule has 0 amide bonds. The number of hydrogen-bond donors (Lipinski definition) is 1. The van der Waals surface area contributed by atoms with Crippen LogP contribution in [0.25, 0.3) is 10.9 Å². The number of rotatable bonds is 8. The molecule has 1 fully saturated rings. The van der Waals surface area contributed by atoms with Crippen LogP contribution in [0.3, 0.4) is 0 Å². The van der Waals surface area contributed by atoms with E-state index < -0.39 is 0 Å². The Labute approximate surface area is 156 Å². The van der Waals surface area contributed by atoms with E-state index in [0.717, 1.165) is 12.8 Å². The molecular weight excluding hydrogens is 324 g/mol. The van der Waals surface area contributed by atoms with Gasteiger partial charge < -0.3 is 14.5 Å². The highest BCUT2D eigenvalue weighted by atomic mass is 16.7. The normalized spacial score (nSPS) is 25.0. The van der Waals surface area contributed by atoms with E-state index in [-0.39, 0.29) is 6.29 Å². The van der Waals surface area contributed by atoms with E-state index in [1.165, 1.54) is 48.9 Å². The van der Waals surface area contributed by atoms with Crippen molar-refractivity contribution < 1.29 is 9.47 Å². The molecule has 1 unspecified atom stereocenters. The first-order chi connectivity index (χ1) is 12.8. The van der Waals surface area contributed by atoms with Crippen molar-refractivity contribution in [1.82, 2.24) is 9.88 Å². The second kappa shape index (κ2) is 8.12. The van der Waals surface area contributed by atoms with E-state index in [1.54, 1.807) is 5.56 Å². The van der Waals surface area contributed by atoms with Crippen molar-refractivity contribution in [3.05, 3.63) is 35.5 Å². The van der Waals surface area contributed by atoms with Gasteiger partial charge in [0.25, 0.3) is 0 Å². The summed E-state index contributed by atoms with van der Waals surface area (Å²) in [4.78, 5) is 6.49. The highest BCUT2D eigenvalue weighted by Gasteiger charge is 2.37. The minimum atomic E-state index is -0.0510. The smallest absolute Gasteiger partial charge is 0.157 e. The van der Waals surface area contributed by atoms with Crippen LogP contribution < -0.4 is 0 Å². The fourth-order valence-corrected chi connectivity index (χ4v) is 4.99. The van der Waals surface area contributed by atoms with Crippen molar-refractivity contribution in [2.45, 2.75) is 64.2 Å². The van der Waals surface area contributed by atoms with Gasteiger partial charge in [0.15, 0.2) is 6.29 Å². The van der Waals surface area contributed by atoms with Crippen molar-refractivity contribution in [2.24, 2.45) is 0 Å². The molecule has 1 saturated heterocycles. The summed E-state index contributed by atoms with van der Waals surface area (Å²) >= 11 is 0. The second-order valence-electron chi connectivity index (χ2n) is 7.62. The highest BCUT2D eigenvalue weighted by molar-refractivity contribution is 5.85. The van der Waals surface area contributed by atoms with Crippen LogP contribution in [0.5, 0.6) is 0 Å². The molecule has 4 rings (SSSR count). The van der Waals surface area contributed by atoms with Crippen molar-refractivity contribution in [2.75, 3.05) is 26.3 Å². The fourth-order valence-electron chi connectivity index (χ4n) is 4.99. The number of fused-ring (bicyclic) bond motifs is 6. The SMILES string of the molecule is CCOC(CCC[C@H]1c2[nH]c3ccccc3c2[C@H]2CCCN1C2)OCC. The van der Waals surface area contributed by atoms with Gasteiger partial charge in [0, 0.05) is 36.4 Å². The van der Waals surface area contributed by atoms with Gasteiger partial charge in [-0.3, -0.25) is 4.90 Å². The zero-order valence-corrected chi connectivity index (χ0v) is 16.2. The van der Waals surface area contributed by atoms with Crippen LogP contribution in [0.15, 0.2) is 24.3 Å². The van der Waals surface area contributed by atoms with Crippen LogP contribution >= 0.6 is 0 Å². The summed E-state index contributed by atoms with van der Waals surface area (Å²) in [6.45, 7) is 7.97. The number of para-hydroxylation sites is 1. The average Bonchev–Trinajstić information content (AvgIpc) is 3.04. The molecule has 0 spiro atoms. The molecule has 0 radical (unpaired) electrons. The summed E-state index contributed by atoms with van der Waals surface area (Å²) in [5.41, 5.74) is 4.39. The average molecular weight is 357 g/mol. The molecular formula is C22H32N2O2. The molecule has 2 aliphatic heterocycles. The Hall–Kier alpha value is -1.36. The van der Waals surface area contributed by atoms with E-state index in [2.05, 4.69) is 34.1 Å². The summed E-state index contributed by atoms with van der Waals surface area (Å²) in [5.74, 6) is 0.700. The third-order valence-electron chi connectivity index (χ3n) is 6.03. The lowest BCUT2D eigenvalue weighted by molar-refractivity contribution is -0.140. The molecule has 3 atom stereocenters. The van der Waals surface area contributed by atoms with Crippen molar-refractivity contribution in [3.63, 3.8) is 0 Å². The molecule has 2 bridgehead atoms. The predicted molar refractivity (Wildman–Crippen MR) is 105 cm³/mol. The third kappa shape index (κ3) is 3.42. The maximum atomic E-state index is 5.73. The lowest BCUT2D eigenvalue weighted by Gasteiger charge is -2.43. The van der Waals surface area contributed by atoms with Crippen LogP contribution in [0, 0.1) is 0 Å². The number of piperidine rings is 1. The third-order valence-corrected chi connectivity index (χ3v) is 6.03. The van der Waals surface area contributed by atoms with Gasteiger partial charge in [-0.1, -0.05) is 18.2 Å². The Morgan fingerprint density at radius 1 is 1.19 bits per heavy atom. The largest absolute Gasteiger partial charge is 0.357 e. The zero-order valence-electron chi connectivity index (χ0n) is 16.2. The van der Waals surface area contributed by atoms with Crippen LogP contribution in [0.1, 0.15) is 69.2 Å². The van der Waals surface area contributed by atoms with E-state index in [1.807, 2.05) is 13.8 Å². The molecule has 0 aliphatic carbocycles. The summed E-state index contributed by atoms with van der Waals surface area (Å²) in [7, 11) is 0. The van der Waals surface area contributed by atoms with Crippen molar-refractivity contribution in [1.29, 1.82) is 0 Å². The number of nitrogens with zero attached hydrogens (tertiary/aromatic N) is 1. The molecule has 1 N–H and O–H groups in total. The second-order valence-corrected chi connectivity index (χ2v) is 7.62. The molecule has 0 saturated carbocycles. The van der Waals surface area contributed by atoms with Crippen LogP contribution in [-0.2, 0) is 9.47 Å². The summed E-state index contributed by atoms with van der Waals surface area (Å²) in [6, 6.07) is 9.35. The number of ether oxygens (including phenoxy) is 2. The van der Waals surface area contributed by atoms with E-state index in [4.69, 9.17) is 9.47 Å². The van der Waals surface area contributed by atoms with E-state index >= 15 is 0 Å². The lowest BCUT2D eigenvalue weighted by Crippen LogP contribution is -2.42. The number of aromatic nitrogens is 1. The molecule has 3 heterocycles. The Bertz CT molecular complexity index is 720. The first-order valence-electron chi connectivity index (χ1n) is 10.4. The first kappa shape index (κ1) is 18.0. The molecule has 1 aromatic carbocycles. The van der Waals surface area contributed by atoms with Crippen molar-refractivity contribution >= 4 is 10.9 Å². The molecule has 4 heteroatoms. The maximum absolute atomic E-state index is 5.73. The van der Waals surface area contributed by atoms with Gasteiger partial charge in [0.05, 0.1) is 6.04 Å². The van der Waals surface area contributed by atoms with Gasteiger partial charge in [-0.2, -0.15) is 0 Å². The molecule has 1 aromatic heterocycles. The highest BCUT2D eigenvalue weighted by Crippen LogP contribution is 2.46. The molecule has 2 aromatic rings. The van der Waals surface area contributed by atoms with Gasteiger partial charge in [0.2, 0.25) is 0 Å². The number of aromatic amines is 1. The standard InChI is InChI=1S/C22H32N2O2/c1-3-25-20(26-4-2)13-7-12-19-22-21(16-9-8-14-24(19)15-16)17-10-5-6-11-18(17)23-22/h5-6,10-11,16,19-20,23H,3-4,7-9,12-15H2,1-2H3/t16-,19-/m0/s1. The topological polar surface area (TPSA) is 37.5 Å². The fraction of sp³-hybridized carbons (Fsp3) is 0.636. The van der Waals surface area contributed by atoms with E-state index in [9.17, 15) is 0 Å². The van der Waals surface area contributed by atoms with Crippen molar-refractivity contribution in [3.8, 4) is 0 Å². The summed E-state index contributed by atoms with van der Waals surface area (Å²) in [6.07, 6.45) is 5.87. The van der Waals surface area contributed by atoms with Gasteiger partial charge >= 0.3 is 0 Å². The quantitative estimate of drug-likeness (QED) is 0.679. The van der Waals surface area contributed by atoms with Gasteiger partial charge in [-0.05, 0) is 70.0 Å². The minimum absolute atomic E-state index is 0.0510. The summed E-state index contributed by atoms with van der Waals surface area (Å²) < 4.78 is 11.5. The van der Waals surface area contributed by atoms with Gasteiger partial charge in [-0.25, -0.2) is 0 Å². The molecule has 142 valence electrons. The van der Waals surface area contributed by atoms with Crippen LogP contribution in [0.4, 0.5) is 0 Å². The number of benzene rings is 1. The minimum Gasteiger partial charge on any atom is -0.357 e. The van der Waals surface area contributed by atoms with Crippen LogP contribution in [0.2, 0.25) is 0 Å². The number of H-pyrrole nitrogens is 1. The first-order valence-corrected chi connectivity index (χ1v) is 10.4. The zero-order chi connectivity index (χ0) is 17.9. The predicted octanol–water partition coefficient (Wildman–Crippen LogP) is 4.97. The number of nitrogens with one attached hydrogen (secondary N) is 1. The monoisotopic (exact) mass is 356 g/mol. The van der Waals surface area contributed by atoms with Gasteiger partial charge in [-0.15, -0.1) is 0 Å². The summed E-state index contributed by atoms with van der Waals surface area (Å²) in [5, 5.41) is 1.44.